The van der Waals surface area contributed by atoms with Crippen LogP contribution in [0.15, 0.2) is 54.6 Å². The van der Waals surface area contributed by atoms with Crippen molar-refractivity contribution in [2.24, 2.45) is 0 Å². The van der Waals surface area contributed by atoms with Crippen molar-refractivity contribution < 1.29 is 9.53 Å². The van der Waals surface area contributed by atoms with Gasteiger partial charge in [-0.3, -0.25) is 9.69 Å². The molecule has 0 saturated carbocycles. The van der Waals surface area contributed by atoms with Gasteiger partial charge in [0.05, 0.1) is 6.04 Å². The van der Waals surface area contributed by atoms with E-state index in [4.69, 9.17) is 4.74 Å². The molecule has 1 aliphatic heterocycles. The monoisotopic (exact) mass is 396 g/mol. The second-order valence-electron chi connectivity index (χ2n) is 7.75. The van der Waals surface area contributed by atoms with Gasteiger partial charge in [0.2, 0.25) is 0 Å². The highest BCUT2D eigenvalue weighted by molar-refractivity contribution is 5.77. The minimum atomic E-state index is -0.0992. The average Bonchev–Trinajstić information content (AvgIpc) is 2.74. The SMILES string of the molecule is CN1CCN([C@H](CNC(=O)COc2ccccc2)c2ccc(N(C)C)cc2)CC1. The topological polar surface area (TPSA) is 48.1 Å². The molecule has 29 heavy (non-hydrogen) atoms. The Balaban J connectivity index is 1.62. The maximum Gasteiger partial charge on any atom is 0.258 e. The van der Waals surface area contributed by atoms with Crippen molar-refractivity contribution in [3.8, 4) is 5.75 Å². The molecule has 6 heteroatoms. The second-order valence-corrected chi connectivity index (χ2v) is 7.75. The first-order valence-corrected chi connectivity index (χ1v) is 10.2. The number of carbonyl (C=O) groups excluding carboxylic acids is 1. The highest BCUT2D eigenvalue weighted by Crippen LogP contribution is 2.24. The lowest BCUT2D eigenvalue weighted by molar-refractivity contribution is -0.123. The summed E-state index contributed by atoms with van der Waals surface area (Å²) in [5.41, 5.74) is 2.40. The fourth-order valence-electron chi connectivity index (χ4n) is 3.51. The molecule has 6 nitrogen and oxygen atoms in total. The molecule has 0 spiro atoms. The van der Waals surface area contributed by atoms with E-state index in [1.54, 1.807) is 0 Å². The molecule has 1 fully saturated rings. The highest BCUT2D eigenvalue weighted by atomic mass is 16.5. The van der Waals surface area contributed by atoms with E-state index in [2.05, 4.69) is 51.3 Å². The molecule has 2 aromatic rings. The molecule has 1 atom stereocenters. The van der Waals surface area contributed by atoms with Crippen LogP contribution in [0.2, 0.25) is 0 Å². The predicted molar refractivity (Wildman–Crippen MR) is 118 cm³/mol. The quantitative estimate of drug-likeness (QED) is 0.742. The van der Waals surface area contributed by atoms with Crippen LogP contribution >= 0.6 is 0 Å². The molecule has 0 radical (unpaired) electrons. The number of amides is 1. The largest absolute Gasteiger partial charge is 0.484 e. The molecule has 2 aromatic carbocycles. The van der Waals surface area contributed by atoms with E-state index in [1.807, 2.05) is 44.4 Å². The van der Waals surface area contributed by atoms with Crippen LogP contribution in [0.5, 0.6) is 5.75 Å². The Morgan fingerprint density at radius 1 is 1.03 bits per heavy atom. The van der Waals surface area contributed by atoms with Crippen LogP contribution in [0.1, 0.15) is 11.6 Å². The van der Waals surface area contributed by atoms with Crippen LogP contribution in [0.4, 0.5) is 5.69 Å². The van der Waals surface area contributed by atoms with Crippen molar-refractivity contribution in [3.05, 3.63) is 60.2 Å². The number of hydrogen-bond acceptors (Lipinski definition) is 5. The number of hydrogen-bond donors (Lipinski definition) is 1. The Morgan fingerprint density at radius 2 is 1.69 bits per heavy atom. The van der Waals surface area contributed by atoms with Crippen LogP contribution in [-0.2, 0) is 4.79 Å². The van der Waals surface area contributed by atoms with E-state index in [0.29, 0.717) is 12.3 Å². The van der Waals surface area contributed by atoms with Gasteiger partial charge in [0, 0.05) is 52.5 Å². The van der Waals surface area contributed by atoms with Gasteiger partial charge in [-0.05, 0) is 36.9 Å². The molecule has 1 aliphatic rings. The van der Waals surface area contributed by atoms with Crippen molar-refractivity contribution in [3.63, 3.8) is 0 Å². The number of nitrogens with one attached hydrogen (secondary N) is 1. The van der Waals surface area contributed by atoms with Gasteiger partial charge in [-0.1, -0.05) is 30.3 Å². The standard InChI is InChI=1S/C23H32N4O2/c1-25(2)20-11-9-19(10-12-20)22(27-15-13-26(3)14-16-27)17-24-23(28)18-29-21-7-5-4-6-8-21/h4-12,22H,13-18H2,1-3H3,(H,24,28)/t22-/m1/s1. The number of nitrogens with zero attached hydrogens (tertiary/aromatic N) is 3. The fourth-order valence-corrected chi connectivity index (χ4v) is 3.51. The van der Waals surface area contributed by atoms with Crippen molar-refractivity contribution in [1.82, 2.24) is 15.1 Å². The number of para-hydroxylation sites is 1. The molecule has 1 N–H and O–H groups in total. The summed E-state index contributed by atoms with van der Waals surface area (Å²) < 4.78 is 5.57. The Hall–Kier alpha value is -2.57. The van der Waals surface area contributed by atoms with E-state index in [-0.39, 0.29) is 18.6 Å². The zero-order chi connectivity index (χ0) is 20.6. The zero-order valence-electron chi connectivity index (χ0n) is 17.7. The molecule has 156 valence electrons. The summed E-state index contributed by atoms with van der Waals surface area (Å²) in [6, 6.07) is 18.2. The number of benzene rings is 2. The van der Waals surface area contributed by atoms with Gasteiger partial charge >= 0.3 is 0 Å². The lowest BCUT2D eigenvalue weighted by atomic mass is 10.0. The van der Waals surface area contributed by atoms with Crippen LogP contribution in [0.3, 0.4) is 0 Å². The van der Waals surface area contributed by atoms with Gasteiger partial charge in [-0.25, -0.2) is 0 Å². The smallest absolute Gasteiger partial charge is 0.258 e. The number of piperazine rings is 1. The Labute approximate surface area is 174 Å². The van der Waals surface area contributed by atoms with Crippen LogP contribution < -0.4 is 15.0 Å². The van der Waals surface area contributed by atoms with Crippen LogP contribution in [-0.4, -0.2) is 76.2 Å². The molecule has 0 unspecified atom stereocenters. The molecule has 1 amide bonds. The summed E-state index contributed by atoms with van der Waals surface area (Å²) in [7, 11) is 6.24. The molecule has 0 aromatic heterocycles. The maximum absolute atomic E-state index is 12.4. The first kappa shape index (κ1) is 21.1. The number of likely N-dealkylation sites (N-methyl/N-ethyl adjacent to an activating group) is 1. The van der Waals surface area contributed by atoms with Gasteiger partial charge in [-0.2, -0.15) is 0 Å². The Kier molecular flexibility index (Phi) is 7.49. The third-order valence-corrected chi connectivity index (χ3v) is 5.38. The number of anilines is 1. The maximum atomic E-state index is 12.4. The highest BCUT2D eigenvalue weighted by Gasteiger charge is 2.24. The summed E-state index contributed by atoms with van der Waals surface area (Å²) in [6.45, 7) is 4.66. The molecular formula is C23H32N4O2. The van der Waals surface area contributed by atoms with Gasteiger partial charge in [0.15, 0.2) is 6.61 Å². The van der Waals surface area contributed by atoms with Crippen LogP contribution in [0, 0.1) is 0 Å². The fraction of sp³-hybridized carbons (Fsp3) is 0.435. The number of ether oxygens (including phenoxy) is 1. The summed E-state index contributed by atoms with van der Waals surface area (Å²) in [4.78, 5) is 19.3. The van der Waals surface area contributed by atoms with E-state index >= 15 is 0 Å². The predicted octanol–water partition coefficient (Wildman–Crippen LogP) is 2.24. The van der Waals surface area contributed by atoms with E-state index in [9.17, 15) is 4.79 Å². The molecule has 1 saturated heterocycles. The molecule has 0 aliphatic carbocycles. The Bertz CT molecular complexity index is 756. The van der Waals surface area contributed by atoms with Crippen molar-refractivity contribution in [2.75, 3.05) is 65.4 Å². The van der Waals surface area contributed by atoms with E-state index in [1.165, 1.54) is 11.3 Å². The molecule has 0 bridgehead atoms. The van der Waals surface area contributed by atoms with Crippen molar-refractivity contribution in [2.45, 2.75) is 6.04 Å². The van der Waals surface area contributed by atoms with Gasteiger partial charge in [0.1, 0.15) is 5.75 Å². The van der Waals surface area contributed by atoms with Gasteiger partial charge in [-0.15, -0.1) is 0 Å². The molecule has 1 heterocycles. The minimum Gasteiger partial charge on any atom is -0.484 e. The second kappa shape index (κ2) is 10.3. The normalized spacial score (nSPS) is 16.2. The molecular weight excluding hydrogens is 364 g/mol. The van der Waals surface area contributed by atoms with Gasteiger partial charge < -0.3 is 19.9 Å². The Morgan fingerprint density at radius 3 is 2.31 bits per heavy atom. The number of carbonyl (C=O) groups is 1. The summed E-state index contributed by atoms with van der Waals surface area (Å²) in [6.07, 6.45) is 0. The molecule has 3 rings (SSSR count). The lowest BCUT2D eigenvalue weighted by Gasteiger charge is -2.38. The first-order chi connectivity index (χ1) is 14.0. The minimum absolute atomic E-state index is 0.0268. The van der Waals surface area contributed by atoms with Gasteiger partial charge in [0.25, 0.3) is 5.91 Å². The first-order valence-electron chi connectivity index (χ1n) is 10.2. The van der Waals surface area contributed by atoms with E-state index < -0.39 is 0 Å². The summed E-state index contributed by atoms with van der Waals surface area (Å²) in [5, 5.41) is 3.07. The van der Waals surface area contributed by atoms with Crippen molar-refractivity contribution >= 4 is 11.6 Å². The third kappa shape index (κ3) is 6.21. The van der Waals surface area contributed by atoms with Crippen LogP contribution in [0.25, 0.3) is 0 Å². The zero-order valence-corrected chi connectivity index (χ0v) is 17.7. The summed E-state index contributed by atoms with van der Waals surface area (Å²) in [5.74, 6) is 0.607. The lowest BCUT2D eigenvalue weighted by Crippen LogP contribution is -2.48. The third-order valence-electron chi connectivity index (χ3n) is 5.38. The average molecular weight is 397 g/mol. The van der Waals surface area contributed by atoms with Crippen molar-refractivity contribution in [1.29, 1.82) is 0 Å². The van der Waals surface area contributed by atoms with E-state index in [0.717, 1.165) is 26.2 Å². The number of rotatable bonds is 8. The summed E-state index contributed by atoms with van der Waals surface area (Å²) >= 11 is 0.